The standard InChI is InChI=1S/C12H20N4O2/c1-15(2)12(17)16-7-4-10(5-8-16)13-9-11-3-6-14-18-11/h3,6,10,13H,4-5,7-9H2,1-2H3. The molecule has 1 aromatic rings. The Morgan fingerprint density at radius 3 is 2.83 bits per heavy atom. The minimum Gasteiger partial charge on any atom is -0.360 e. The van der Waals surface area contributed by atoms with Gasteiger partial charge in [-0.3, -0.25) is 0 Å². The van der Waals surface area contributed by atoms with Crippen molar-refractivity contribution >= 4 is 6.03 Å². The largest absolute Gasteiger partial charge is 0.360 e. The lowest BCUT2D eigenvalue weighted by atomic mass is 10.1. The molecule has 0 aliphatic carbocycles. The van der Waals surface area contributed by atoms with Gasteiger partial charge in [0.1, 0.15) is 5.76 Å². The maximum Gasteiger partial charge on any atom is 0.319 e. The number of carbonyl (C=O) groups is 1. The number of amides is 2. The smallest absolute Gasteiger partial charge is 0.319 e. The van der Waals surface area contributed by atoms with Gasteiger partial charge in [-0.05, 0) is 12.8 Å². The molecule has 1 saturated heterocycles. The third kappa shape index (κ3) is 3.22. The van der Waals surface area contributed by atoms with Crippen LogP contribution in [0, 0.1) is 0 Å². The number of piperidine rings is 1. The van der Waals surface area contributed by atoms with E-state index in [-0.39, 0.29) is 6.03 Å². The molecule has 0 atom stereocenters. The Kier molecular flexibility index (Phi) is 4.19. The molecule has 1 aliphatic heterocycles. The molecule has 1 fully saturated rings. The summed E-state index contributed by atoms with van der Waals surface area (Å²) in [4.78, 5) is 15.3. The van der Waals surface area contributed by atoms with E-state index in [9.17, 15) is 4.79 Å². The third-order valence-electron chi connectivity index (χ3n) is 3.20. The molecule has 18 heavy (non-hydrogen) atoms. The van der Waals surface area contributed by atoms with Crippen molar-refractivity contribution < 1.29 is 9.32 Å². The van der Waals surface area contributed by atoms with Gasteiger partial charge in [0.15, 0.2) is 0 Å². The van der Waals surface area contributed by atoms with Crippen LogP contribution < -0.4 is 5.32 Å². The first-order valence-electron chi connectivity index (χ1n) is 6.26. The van der Waals surface area contributed by atoms with Crippen LogP contribution in [-0.2, 0) is 6.54 Å². The van der Waals surface area contributed by atoms with E-state index in [1.807, 2.05) is 11.0 Å². The van der Waals surface area contributed by atoms with Crippen LogP contribution in [0.15, 0.2) is 16.8 Å². The zero-order valence-electron chi connectivity index (χ0n) is 10.9. The Morgan fingerprint density at radius 1 is 1.56 bits per heavy atom. The molecule has 1 aliphatic rings. The van der Waals surface area contributed by atoms with E-state index < -0.39 is 0 Å². The molecule has 6 nitrogen and oxygen atoms in total. The van der Waals surface area contributed by atoms with Crippen LogP contribution in [0.2, 0.25) is 0 Å². The molecule has 0 unspecified atom stereocenters. The second-order valence-corrected chi connectivity index (χ2v) is 4.80. The van der Waals surface area contributed by atoms with Crippen molar-refractivity contribution in [2.75, 3.05) is 27.2 Å². The maximum absolute atomic E-state index is 11.8. The fourth-order valence-corrected chi connectivity index (χ4v) is 2.14. The molecular formula is C12H20N4O2. The fourth-order valence-electron chi connectivity index (χ4n) is 2.14. The van der Waals surface area contributed by atoms with E-state index in [2.05, 4.69) is 10.5 Å². The molecule has 2 amide bonds. The average molecular weight is 252 g/mol. The summed E-state index contributed by atoms with van der Waals surface area (Å²) in [5.41, 5.74) is 0. The van der Waals surface area contributed by atoms with E-state index >= 15 is 0 Å². The van der Waals surface area contributed by atoms with Crippen molar-refractivity contribution in [3.8, 4) is 0 Å². The zero-order valence-corrected chi connectivity index (χ0v) is 10.9. The van der Waals surface area contributed by atoms with Crippen LogP contribution in [0.1, 0.15) is 18.6 Å². The molecule has 0 bridgehead atoms. The zero-order chi connectivity index (χ0) is 13.0. The van der Waals surface area contributed by atoms with Crippen molar-refractivity contribution in [1.82, 2.24) is 20.3 Å². The summed E-state index contributed by atoms with van der Waals surface area (Å²) in [6.45, 7) is 2.32. The Bertz CT molecular complexity index is 369. The predicted octanol–water partition coefficient (Wildman–Crippen LogP) is 0.910. The number of nitrogens with one attached hydrogen (secondary N) is 1. The van der Waals surface area contributed by atoms with Gasteiger partial charge in [-0.1, -0.05) is 5.16 Å². The first-order chi connectivity index (χ1) is 8.66. The Hall–Kier alpha value is -1.56. The lowest BCUT2D eigenvalue weighted by Crippen LogP contribution is -2.47. The molecule has 0 spiro atoms. The number of hydrogen-bond acceptors (Lipinski definition) is 4. The molecular weight excluding hydrogens is 232 g/mol. The molecule has 0 aromatic carbocycles. The van der Waals surface area contributed by atoms with Gasteiger partial charge < -0.3 is 19.6 Å². The summed E-state index contributed by atoms with van der Waals surface area (Å²) in [5.74, 6) is 0.849. The minimum absolute atomic E-state index is 0.101. The molecule has 100 valence electrons. The number of nitrogens with zero attached hydrogens (tertiary/aromatic N) is 3. The SMILES string of the molecule is CN(C)C(=O)N1CCC(NCc2ccno2)CC1. The average Bonchev–Trinajstić information content (AvgIpc) is 2.89. The first kappa shape index (κ1) is 12.9. The van der Waals surface area contributed by atoms with E-state index in [0.29, 0.717) is 12.6 Å². The van der Waals surface area contributed by atoms with E-state index in [1.165, 1.54) is 0 Å². The van der Waals surface area contributed by atoms with Gasteiger partial charge in [0.2, 0.25) is 0 Å². The van der Waals surface area contributed by atoms with Crippen molar-refractivity contribution in [2.24, 2.45) is 0 Å². The number of urea groups is 1. The highest BCUT2D eigenvalue weighted by molar-refractivity contribution is 5.73. The normalized spacial score (nSPS) is 16.9. The van der Waals surface area contributed by atoms with Gasteiger partial charge >= 0.3 is 6.03 Å². The monoisotopic (exact) mass is 252 g/mol. The molecule has 2 rings (SSSR count). The van der Waals surface area contributed by atoms with E-state index in [1.54, 1.807) is 25.2 Å². The predicted molar refractivity (Wildman–Crippen MR) is 67.0 cm³/mol. The number of carbonyl (C=O) groups excluding carboxylic acids is 1. The van der Waals surface area contributed by atoms with Gasteiger partial charge in [0.05, 0.1) is 12.7 Å². The summed E-state index contributed by atoms with van der Waals surface area (Å²) < 4.78 is 5.03. The highest BCUT2D eigenvalue weighted by Gasteiger charge is 2.23. The second kappa shape index (κ2) is 5.86. The molecule has 6 heteroatoms. The number of likely N-dealkylation sites (tertiary alicyclic amines) is 1. The minimum atomic E-state index is 0.101. The van der Waals surface area contributed by atoms with Crippen molar-refractivity contribution in [3.05, 3.63) is 18.0 Å². The highest BCUT2D eigenvalue weighted by atomic mass is 16.5. The number of rotatable bonds is 3. The molecule has 1 aromatic heterocycles. The highest BCUT2D eigenvalue weighted by Crippen LogP contribution is 2.12. The van der Waals surface area contributed by atoms with Crippen LogP contribution in [-0.4, -0.2) is 54.2 Å². The van der Waals surface area contributed by atoms with Crippen LogP contribution in [0.4, 0.5) is 4.79 Å². The summed E-state index contributed by atoms with van der Waals surface area (Å²) in [6, 6.07) is 2.41. The fraction of sp³-hybridized carbons (Fsp3) is 0.667. The first-order valence-corrected chi connectivity index (χ1v) is 6.26. The molecule has 0 saturated carbocycles. The van der Waals surface area contributed by atoms with Gasteiger partial charge in [0.25, 0.3) is 0 Å². The topological polar surface area (TPSA) is 61.6 Å². The van der Waals surface area contributed by atoms with Gasteiger partial charge in [-0.15, -0.1) is 0 Å². The lowest BCUT2D eigenvalue weighted by Gasteiger charge is -2.33. The Balaban J connectivity index is 1.72. The molecule has 2 heterocycles. The molecule has 1 N–H and O–H groups in total. The molecule has 0 radical (unpaired) electrons. The summed E-state index contributed by atoms with van der Waals surface area (Å²) >= 11 is 0. The summed E-state index contributed by atoms with van der Waals surface area (Å²) in [6.07, 6.45) is 3.61. The quantitative estimate of drug-likeness (QED) is 0.868. The van der Waals surface area contributed by atoms with Crippen LogP contribution in [0.25, 0.3) is 0 Å². The van der Waals surface area contributed by atoms with Crippen molar-refractivity contribution in [2.45, 2.75) is 25.4 Å². The third-order valence-corrected chi connectivity index (χ3v) is 3.20. The summed E-state index contributed by atoms with van der Waals surface area (Å²) in [5, 5.41) is 7.09. The maximum atomic E-state index is 11.8. The Morgan fingerprint density at radius 2 is 2.28 bits per heavy atom. The van der Waals surface area contributed by atoms with Crippen molar-refractivity contribution in [3.63, 3.8) is 0 Å². The lowest BCUT2D eigenvalue weighted by molar-refractivity contribution is 0.152. The number of aromatic nitrogens is 1. The second-order valence-electron chi connectivity index (χ2n) is 4.80. The Labute approximate surface area is 107 Å². The van der Waals surface area contributed by atoms with Gasteiger partial charge in [-0.2, -0.15) is 0 Å². The van der Waals surface area contributed by atoms with Gasteiger partial charge in [0, 0.05) is 39.3 Å². The number of hydrogen-bond donors (Lipinski definition) is 1. The van der Waals surface area contributed by atoms with E-state index in [0.717, 1.165) is 31.7 Å². The van der Waals surface area contributed by atoms with Crippen LogP contribution >= 0.6 is 0 Å². The van der Waals surface area contributed by atoms with Gasteiger partial charge in [-0.25, -0.2) is 4.79 Å². The van der Waals surface area contributed by atoms with E-state index in [4.69, 9.17) is 4.52 Å². The van der Waals surface area contributed by atoms with Crippen LogP contribution in [0.5, 0.6) is 0 Å². The summed E-state index contributed by atoms with van der Waals surface area (Å²) in [7, 11) is 3.58. The van der Waals surface area contributed by atoms with Crippen LogP contribution in [0.3, 0.4) is 0 Å². The van der Waals surface area contributed by atoms with Crippen molar-refractivity contribution in [1.29, 1.82) is 0 Å².